The number of carbonyl (C=O) groups excluding carboxylic acids is 1. The highest BCUT2D eigenvalue weighted by Gasteiger charge is 2.24. The molecule has 0 aromatic carbocycles. The van der Waals surface area contributed by atoms with Crippen molar-refractivity contribution in [2.24, 2.45) is 0 Å². The van der Waals surface area contributed by atoms with Crippen LogP contribution in [0.4, 0.5) is 0 Å². The highest BCUT2D eigenvalue weighted by molar-refractivity contribution is 7.18. The van der Waals surface area contributed by atoms with E-state index in [4.69, 9.17) is 9.72 Å². The van der Waals surface area contributed by atoms with E-state index in [1.54, 1.807) is 11.3 Å². The molecule has 0 spiro atoms. The summed E-state index contributed by atoms with van der Waals surface area (Å²) in [5, 5.41) is 0.730. The minimum atomic E-state index is -0.407. The predicted octanol–water partition coefficient (Wildman–Crippen LogP) is 2.11. The van der Waals surface area contributed by atoms with Gasteiger partial charge in [-0.05, 0) is 57.2 Å². The summed E-state index contributed by atoms with van der Waals surface area (Å²) in [6.07, 6.45) is 6.62. The Morgan fingerprint density at radius 2 is 1.96 bits per heavy atom. The Morgan fingerprint density at radius 3 is 2.72 bits per heavy atom. The van der Waals surface area contributed by atoms with Gasteiger partial charge in [-0.2, -0.15) is 0 Å². The van der Waals surface area contributed by atoms with E-state index in [9.17, 15) is 9.59 Å². The summed E-state index contributed by atoms with van der Waals surface area (Å²) < 4.78 is 6.34. The minimum absolute atomic E-state index is 0.0634. The number of hydrogen-bond donors (Lipinski definition) is 0. The maximum absolute atomic E-state index is 13.2. The number of aromatic nitrogens is 2. The molecule has 1 aliphatic carbocycles. The third kappa shape index (κ3) is 3.11. The van der Waals surface area contributed by atoms with Crippen molar-refractivity contribution in [3.05, 3.63) is 26.6 Å². The van der Waals surface area contributed by atoms with Crippen LogP contribution in [0, 0.1) is 0 Å². The zero-order valence-corrected chi connectivity index (χ0v) is 15.4. The quantitative estimate of drug-likeness (QED) is 0.781. The molecule has 0 saturated carbocycles. The van der Waals surface area contributed by atoms with Crippen LogP contribution < -0.4 is 5.56 Å². The lowest BCUT2D eigenvalue weighted by molar-refractivity contribution is -0.141. The van der Waals surface area contributed by atoms with Gasteiger partial charge in [0.05, 0.1) is 19.0 Å². The summed E-state index contributed by atoms with van der Waals surface area (Å²) in [6.45, 7) is 2.59. The first kappa shape index (κ1) is 16.7. The van der Waals surface area contributed by atoms with E-state index in [2.05, 4.69) is 4.90 Å². The highest BCUT2D eigenvalue weighted by atomic mass is 32.1. The molecule has 3 heterocycles. The van der Waals surface area contributed by atoms with Gasteiger partial charge in [0.25, 0.3) is 5.56 Å². The molecule has 0 atom stereocenters. The van der Waals surface area contributed by atoms with E-state index in [0.29, 0.717) is 12.4 Å². The average molecular weight is 361 g/mol. The number of carbonyl (C=O) groups is 1. The van der Waals surface area contributed by atoms with Crippen molar-refractivity contribution in [3.8, 4) is 0 Å². The summed E-state index contributed by atoms with van der Waals surface area (Å²) in [5.74, 6) is 0.276. The fourth-order valence-corrected chi connectivity index (χ4v) is 5.17. The number of ether oxygens (including phenoxy) is 1. The van der Waals surface area contributed by atoms with Crippen LogP contribution >= 0.6 is 11.3 Å². The van der Waals surface area contributed by atoms with Gasteiger partial charge >= 0.3 is 5.97 Å². The standard InChI is InChI=1S/C18H23N3O3S/c1-24-15(22)11-21-14(10-20-8-4-5-9-20)19-17-16(18(21)23)12-6-2-3-7-13(12)25-17/h2-11H2,1H3. The van der Waals surface area contributed by atoms with Crippen molar-refractivity contribution in [1.82, 2.24) is 14.5 Å². The van der Waals surface area contributed by atoms with E-state index in [0.717, 1.165) is 48.1 Å². The molecule has 2 aromatic rings. The Balaban J connectivity index is 1.84. The number of likely N-dealkylation sites (tertiary alicyclic amines) is 1. The second-order valence-electron chi connectivity index (χ2n) is 6.87. The summed E-state index contributed by atoms with van der Waals surface area (Å²) in [7, 11) is 1.35. The SMILES string of the molecule is COC(=O)Cn1c(CN2CCCC2)nc2sc3c(c2c1=O)CCCC3. The summed E-state index contributed by atoms with van der Waals surface area (Å²) in [6, 6.07) is 0. The Hall–Kier alpha value is -1.73. The number of methoxy groups -OCH3 is 1. The lowest BCUT2D eigenvalue weighted by Gasteiger charge is -2.18. The Morgan fingerprint density at radius 1 is 1.20 bits per heavy atom. The van der Waals surface area contributed by atoms with Crippen molar-refractivity contribution in [3.63, 3.8) is 0 Å². The molecule has 1 saturated heterocycles. The maximum Gasteiger partial charge on any atom is 0.325 e. The van der Waals surface area contributed by atoms with E-state index >= 15 is 0 Å². The summed E-state index contributed by atoms with van der Waals surface area (Å²) in [5.41, 5.74) is 1.08. The van der Waals surface area contributed by atoms with E-state index in [-0.39, 0.29) is 12.1 Å². The molecular formula is C18H23N3O3S. The van der Waals surface area contributed by atoms with Gasteiger partial charge in [0, 0.05) is 4.88 Å². The normalized spacial score (nSPS) is 17.8. The number of fused-ring (bicyclic) bond motifs is 3. The number of aryl methyl sites for hydroxylation is 2. The van der Waals surface area contributed by atoms with Crippen LogP contribution in [0.3, 0.4) is 0 Å². The van der Waals surface area contributed by atoms with Gasteiger partial charge < -0.3 is 4.74 Å². The molecule has 2 aliphatic rings. The van der Waals surface area contributed by atoms with E-state index < -0.39 is 5.97 Å². The van der Waals surface area contributed by atoms with Crippen LogP contribution in [0.2, 0.25) is 0 Å². The second kappa shape index (κ2) is 6.88. The fourth-order valence-electron chi connectivity index (χ4n) is 3.90. The van der Waals surface area contributed by atoms with Crippen molar-refractivity contribution < 1.29 is 9.53 Å². The third-order valence-electron chi connectivity index (χ3n) is 5.23. The zero-order valence-electron chi connectivity index (χ0n) is 14.5. The van der Waals surface area contributed by atoms with Crippen LogP contribution in [0.25, 0.3) is 10.2 Å². The lowest BCUT2D eigenvalue weighted by Crippen LogP contribution is -2.32. The largest absolute Gasteiger partial charge is 0.468 e. The van der Waals surface area contributed by atoms with Gasteiger partial charge in [-0.25, -0.2) is 4.98 Å². The van der Waals surface area contributed by atoms with Gasteiger partial charge in [0.1, 0.15) is 17.2 Å². The van der Waals surface area contributed by atoms with E-state index in [1.165, 1.54) is 35.8 Å². The maximum atomic E-state index is 13.2. The Kier molecular flexibility index (Phi) is 4.60. The smallest absolute Gasteiger partial charge is 0.325 e. The van der Waals surface area contributed by atoms with Crippen molar-refractivity contribution in [2.45, 2.75) is 51.6 Å². The molecule has 0 N–H and O–H groups in total. The highest BCUT2D eigenvalue weighted by Crippen LogP contribution is 2.34. The molecule has 4 rings (SSSR count). The first-order chi connectivity index (χ1) is 12.2. The molecule has 25 heavy (non-hydrogen) atoms. The van der Waals surface area contributed by atoms with Crippen LogP contribution in [0.1, 0.15) is 41.9 Å². The molecular weight excluding hydrogens is 338 g/mol. The van der Waals surface area contributed by atoms with Crippen LogP contribution in [-0.2, 0) is 35.5 Å². The molecule has 1 fully saturated rings. The number of esters is 1. The molecule has 134 valence electrons. The van der Waals surface area contributed by atoms with Gasteiger partial charge in [0.15, 0.2) is 0 Å². The first-order valence-corrected chi connectivity index (χ1v) is 9.82. The summed E-state index contributed by atoms with van der Waals surface area (Å²) in [4.78, 5) is 34.3. The number of thiophene rings is 1. The Bertz CT molecular complexity index is 865. The fraction of sp³-hybridized carbons (Fsp3) is 0.611. The molecule has 6 nitrogen and oxygen atoms in total. The molecule has 0 radical (unpaired) electrons. The monoisotopic (exact) mass is 361 g/mol. The first-order valence-electron chi connectivity index (χ1n) is 9.00. The van der Waals surface area contributed by atoms with Gasteiger partial charge in [-0.3, -0.25) is 19.1 Å². The third-order valence-corrected chi connectivity index (χ3v) is 6.42. The molecule has 0 amide bonds. The lowest BCUT2D eigenvalue weighted by atomic mass is 9.97. The number of rotatable bonds is 4. The number of nitrogens with zero attached hydrogens (tertiary/aromatic N) is 3. The predicted molar refractivity (Wildman–Crippen MR) is 97.0 cm³/mol. The molecule has 0 unspecified atom stereocenters. The van der Waals surface area contributed by atoms with Crippen molar-refractivity contribution in [2.75, 3.05) is 20.2 Å². The van der Waals surface area contributed by atoms with Crippen LogP contribution in [0.15, 0.2) is 4.79 Å². The summed E-state index contributed by atoms with van der Waals surface area (Å²) >= 11 is 1.66. The Labute approximate surface area is 150 Å². The second-order valence-corrected chi connectivity index (χ2v) is 7.95. The molecule has 1 aliphatic heterocycles. The van der Waals surface area contributed by atoms with Gasteiger partial charge in [-0.1, -0.05) is 0 Å². The molecule has 7 heteroatoms. The molecule has 0 bridgehead atoms. The average Bonchev–Trinajstić information content (AvgIpc) is 3.25. The van der Waals surface area contributed by atoms with Crippen molar-refractivity contribution >= 4 is 27.5 Å². The van der Waals surface area contributed by atoms with Crippen LogP contribution in [0.5, 0.6) is 0 Å². The van der Waals surface area contributed by atoms with Gasteiger partial charge in [0.2, 0.25) is 0 Å². The zero-order chi connectivity index (χ0) is 17.4. The van der Waals surface area contributed by atoms with Crippen molar-refractivity contribution in [1.29, 1.82) is 0 Å². The van der Waals surface area contributed by atoms with Gasteiger partial charge in [-0.15, -0.1) is 11.3 Å². The topological polar surface area (TPSA) is 64.4 Å². The van der Waals surface area contributed by atoms with E-state index in [1.807, 2.05) is 0 Å². The number of hydrogen-bond acceptors (Lipinski definition) is 6. The van der Waals surface area contributed by atoms with Crippen LogP contribution in [-0.4, -0.2) is 40.6 Å². The molecule has 2 aromatic heterocycles. The minimum Gasteiger partial charge on any atom is -0.468 e.